The quantitative estimate of drug-likeness (QED) is 0.862. The maximum absolute atomic E-state index is 13.0. The van der Waals surface area contributed by atoms with Crippen molar-refractivity contribution in [2.45, 2.75) is 46.0 Å². The van der Waals surface area contributed by atoms with Crippen LogP contribution in [0.2, 0.25) is 0 Å². The van der Waals surface area contributed by atoms with Crippen molar-refractivity contribution in [1.82, 2.24) is 14.9 Å². The number of thiazole rings is 1. The Hall–Kier alpha value is -1.95. The second kappa shape index (κ2) is 6.89. The van der Waals surface area contributed by atoms with Crippen molar-refractivity contribution in [3.8, 4) is 0 Å². The van der Waals surface area contributed by atoms with Gasteiger partial charge in [0.25, 0.3) is 5.91 Å². The van der Waals surface area contributed by atoms with E-state index in [1.165, 1.54) is 0 Å². The highest BCUT2D eigenvalue weighted by atomic mass is 32.1. The van der Waals surface area contributed by atoms with Crippen molar-refractivity contribution >= 4 is 23.0 Å². The molecule has 0 aliphatic carbocycles. The fraction of sp³-hybridized carbons (Fsp3) is 0.500. The van der Waals surface area contributed by atoms with E-state index < -0.39 is 0 Å². The first-order valence-corrected chi connectivity index (χ1v) is 9.31. The lowest BCUT2D eigenvalue weighted by molar-refractivity contribution is 0.0700. The fourth-order valence-electron chi connectivity index (χ4n) is 3.65. The molecule has 1 atom stereocenters. The first-order valence-electron chi connectivity index (χ1n) is 8.44. The number of nitrogens with one attached hydrogen (secondary N) is 1. The molecule has 0 unspecified atom stereocenters. The largest absolute Gasteiger partial charge is 0.354 e. The zero-order chi connectivity index (χ0) is 17.3. The highest BCUT2D eigenvalue weighted by Gasteiger charge is 2.30. The minimum absolute atomic E-state index is 0.00343. The standard InChI is InChI=1S/C18H23N3O2S/c1-4-14-15(12(3)22)11(2)20-16(14)18(23)21-8-5-6-13(10-21)17-19-7-9-24-17/h7,9,13,20H,4-6,8,10H2,1-3H3/t13-/m0/s1. The molecule has 1 aliphatic heterocycles. The third-order valence-corrected chi connectivity index (χ3v) is 5.66. The van der Waals surface area contributed by atoms with Crippen LogP contribution in [0.5, 0.6) is 0 Å². The molecule has 2 aromatic heterocycles. The number of aromatic nitrogens is 2. The molecule has 0 spiro atoms. The second-order valence-electron chi connectivity index (χ2n) is 6.35. The number of piperidine rings is 1. The summed E-state index contributed by atoms with van der Waals surface area (Å²) in [4.78, 5) is 34.4. The Kier molecular flexibility index (Phi) is 4.85. The Morgan fingerprint density at radius 1 is 1.46 bits per heavy atom. The maximum atomic E-state index is 13.0. The lowest BCUT2D eigenvalue weighted by atomic mass is 9.97. The zero-order valence-corrected chi connectivity index (χ0v) is 15.2. The van der Waals surface area contributed by atoms with Crippen molar-refractivity contribution < 1.29 is 9.59 Å². The zero-order valence-electron chi connectivity index (χ0n) is 14.4. The highest BCUT2D eigenvalue weighted by Crippen LogP contribution is 2.30. The van der Waals surface area contributed by atoms with E-state index in [2.05, 4.69) is 9.97 Å². The van der Waals surface area contributed by atoms with Gasteiger partial charge in [0, 0.05) is 41.8 Å². The number of hydrogen-bond donors (Lipinski definition) is 1. The Bertz CT molecular complexity index is 749. The van der Waals surface area contributed by atoms with E-state index in [1.807, 2.05) is 30.3 Å². The molecule has 0 bridgehead atoms. The SMILES string of the molecule is CCc1c(C(=O)N2CCC[C@H](c3nccs3)C2)[nH]c(C)c1C(C)=O. The van der Waals surface area contributed by atoms with E-state index in [0.29, 0.717) is 30.1 Å². The average Bonchev–Trinajstić information content (AvgIpc) is 3.21. The van der Waals surface area contributed by atoms with Crippen molar-refractivity contribution in [2.75, 3.05) is 13.1 Å². The normalized spacial score (nSPS) is 18.0. The number of H-pyrrole nitrogens is 1. The summed E-state index contributed by atoms with van der Waals surface area (Å²) in [5.74, 6) is 0.332. The predicted molar refractivity (Wildman–Crippen MR) is 94.9 cm³/mol. The molecule has 128 valence electrons. The van der Waals surface area contributed by atoms with Crippen LogP contribution in [0.3, 0.4) is 0 Å². The summed E-state index contributed by atoms with van der Waals surface area (Å²) in [6.07, 6.45) is 4.55. The van der Waals surface area contributed by atoms with Crippen LogP contribution in [0, 0.1) is 6.92 Å². The van der Waals surface area contributed by atoms with Crippen LogP contribution >= 0.6 is 11.3 Å². The molecule has 0 aromatic carbocycles. The van der Waals surface area contributed by atoms with Gasteiger partial charge in [0.15, 0.2) is 5.78 Å². The number of rotatable bonds is 4. The number of carbonyl (C=O) groups is 2. The number of aromatic amines is 1. The molecule has 0 saturated carbocycles. The van der Waals surface area contributed by atoms with Crippen LogP contribution in [0.1, 0.15) is 69.7 Å². The summed E-state index contributed by atoms with van der Waals surface area (Å²) >= 11 is 1.66. The highest BCUT2D eigenvalue weighted by molar-refractivity contribution is 7.09. The fourth-order valence-corrected chi connectivity index (χ4v) is 4.41. The van der Waals surface area contributed by atoms with Crippen LogP contribution in [-0.4, -0.2) is 39.6 Å². The lowest BCUT2D eigenvalue weighted by Crippen LogP contribution is -2.39. The summed E-state index contributed by atoms with van der Waals surface area (Å²) < 4.78 is 0. The Morgan fingerprint density at radius 2 is 2.25 bits per heavy atom. The lowest BCUT2D eigenvalue weighted by Gasteiger charge is -2.31. The molecule has 3 rings (SSSR count). The summed E-state index contributed by atoms with van der Waals surface area (Å²) in [5.41, 5.74) is 2.90. The van der Waals surface area contributed by atoms with Gasteiger partial charge in [-0.1, -0.05) is 6.92 Å². The van der Waals surface area contributed by atoms with Crippen LogP contribution in [-0.2, 0) is 6.42 Å². The molecular formula is C18H23N3O2S. The van der Waals surface area contributed by atoms with Gasteiger partial charge in [0.1, 0.15) is 5.69 Å². The predicted octanol–water partition coefficient (Wildman–Crippen LogP) is 3.56. The van der Waals surface area contributed by atoms with Gasteiger partial charge >= 0.3 is 0 Å². The van der Waals surface area contributed by atoms with Gasteiger partial charge in [-0.3, -0.25) is 9.59 Å². The number of Topliss-reactive ketones (excluding diaryl/α,β-unsaturated/α-hetero) is 1. The van der Waals surface area contributed by atoms with Crippen LogP contribution in [0.4, 0.5) is 0 Å². The van der Waals surface area contributed by atoms with E-state index in [0.717, 1.165) is 35.7 Å². The van der Waals surface area contributed by atoms with Crippen molar-refractivity contribution in [3.05, 3.63) is 39.1 Å². The van der Waals surface area contributed by atoms with Gasteiger partial charge < -0.3 is 9.88 Å². The van der Waals surface area contributed by atoms with Crippen molar-refractivity contribution in [3.63, 3.8) is 0 Å². The number of ketones is 1. The van der Waals surface area contributed by atoms with Gasteiger partial charge in [0.2, 0.25) is 0 Å². The summed E-state index contributed by atoms with van der Waals surface area (Å²) in [6, 6.07) is 0. The van der Waals surface area contributed by atoms with Crippen LogP contribution < -0.4 is 0 Å². The molecule has 1 amide bonds. The monoisotopic (exact) mass is 345 g/mol. The summed E-state index contributed by atoms with van der Waals surface area (Å²) in [6.45, 7) is 6.87. The topological polar surface area (TPSA) is 66.1 Å². The maximum Gasteiger partial charge on any atom is 0.270 e. The summed E-state index contributed by atoms with van der Waals surface area (Å²) in [7, 11) is 0. The van der Waals surface area contributed by atoms with Gasteiger partial charge in [-0.05, 0) is 38.7 Å². The molecular weight excluding hydrogens is 322 g/mol. The van der Waals surface area contributed by atoms with Gasteiger partial charge in [-0.2, -0.15) is 0 Å². The number of amides is 1. The number of carbonyl (C=O) groups excluding carboxylic acids is 2. The molecule has 3 heterocycles. The molecule has 1 aliphatic rings. The van der Waals surface area contributed by atoms with Crippen LogP contribution in [0.15, 0.2) is 11.6 Å². The van der Waals surface area contributed by atoms with Crippen LogP contribution in [0.25, 0.3) is 0 Å². The van der Waals surface area contributed by atoms with E-state index in [4.69, 9.17) is 0 Å². The molecule has 5 nitrogen and oxygen atoms in total. The van der Waals surface area contributed by atoms with E-state index in [9.17, 15) is 9.59 Å². The minimum Gasteiger partial charge on any atom is -0.354 e. The first kappa shape index (κ1) is 16.9. The van der Waals surface area contributed by atoms with E-state index in [-0.39, 0.29) is 11.7 Å². The molecule has 1 N–H and O–H groups in total. The van der Waals surface area contributed by atoms with Gasteiger partial charge in [-0.15, -0.1) is 11.3 Å². The smallest absolute Gasteiger partial charge is 0.270 e. The Morgan fingerprint density at radius 3 is 2.88 bits per heavy atom. The molecule has 6 heteroatoms. The van der Waals surface area contributed by atoms with E-state index in [1.54, 1.807) is 18.3 Å². The molecule has 1 fully saturated rings. The van der Waals surface area contributed by atoms with Gasteiger partial charge in [0.05, 0.1) is 5.01 Å². The molecule has 24 heavy (non-hydrogen) atoms. The molecule has 0 radical (unpaired) electrons. The van der Waals surface area contributed by atoms with Crippen molar-refractivity contribution in [2.24, 2.45) is 0 Å². The molecule has 1 saturated heterocycles. The molecule has 2 aromatic rings. The second-order valence-corrected chi connectivity index (χ2v) is 7.28. The summed E-state index contributed by atoms with van der Waals surface area (Å²) in [5, 5.41) is 3.09. The third-order valence-electron chi connectivity index (χ3n) is 4.72. The van der Waals surface area contributed by atoms with Crippen molar-refractivity contribution in [1.29, 1.82) is 0 Å². The first-order chi connectivity index (χ1) is 11.5. The Labute approximate surface area is 146 Å². The van der Waals surface area contributed by atoms with E-state index >= 15 is 0 Å². The van der Waals surface area contributed by atoms with Gasteiger partial charge in [-0.25, -0.2) is 4.98 Å². The average molecular weight is 345 g/mol. The number of aryl methyl sites for hydroxylation is 1. The minimum atomic E-state index is 0.00343. The number of likely N-dealkylation sites (tertiary alicyclic amines) is 1. The number of hydrogen-bond acceptors (Lipinski definition) is 4. The Balaban J connectivity index is 1.86. The third kappa shape index (κ3) is 3.02. The number of nitrogens with zero attached hydrogens (tertiary/aromatic N) is 2.